The summed E-state index contributed by atoms with van der Waals surface area (Å²) in [6.45, 7) is 6.56. The number of alkyl carbamates (subject to hydrolysis) is 1. The molecule has 1 aliphatic heterocycles. The lowest BCUT2D eigenvalue weighted by molar-refractivity contribution is -0.145. The van der Waals surface area contributed by atoms with Crippen LogP contribution in [0.2, 0.25) is 0 Å². The van der Waals surface area contributed by atoms with Crippen molar-refractivity contribution in [1.29, 1.82) is 0 Å². The molecule has 0 aromatic carbocycles. The van der Waals surface area contributed by atoms with E-state index in [9.17, 15) is 9.90 Å². The van der Waals surface area contributed by atoms with Gasteiger partial charge in [0.2, 0.25) is 0 Å². The number of nitrogens with one attached hydrogen (secondary N) is 1. The fourth-order valence-electron chi connectivity index (χ4n) is 2.68. The van der Waals surface area contributed by atoms with Crippen molar-refractivity contribution in [2.75, 3.05) is 19.8 Å². The van der Waals surface area contributed by atoms with E-state index < -0.39 is 11.7 Å². The Balaban J connectivity index is 1.94. The normalized spacial score (nSPS) is 34.7. The third-order valence-corrected chi connectivity index (χ3v) is 3.38. The van der Waals surface area contributed by atoms with Crippen LogP contribution in [0, 0.1) is 5.92 Å². The molecule has 2 aliphatic rings. The fourth-order valence-corrected chi connectivity index (χ4v) is 2.68. The lowest BCUT2D eigenvalue weighted by Gasteiger charge is -2.31. The average molecular weight is 273 g/mol. The molecule has 110 valence electrons. The molecule has 1 amide bonds. The number of hydrogen-bond acceptors (Lipinski definition) is 5. The minimum absolute atomic E-state index is 0.00485. The standard InChI is InChI=1S/C13H23NO5/c1-13(2,3)19-12(16)14-9-6-8(7-15)10-11(9)18-5-4-17-10/h8-11,15H,4-7H2,1-3H3,(H,14,16). The van der Waals surface area contributed by atoms with Crippen molar-refractivity contribution in [3.05, 3.63) is 0 Å². The van der Waals surface area contributed by atoms with E-state index in [1.807, 2.05) is 20.8 Å². The molecule has 1 saturated heterocycles. The number of rotatable bonds is 2. The molecular weight excluding hydrogens is 250 g/mol. The Morgan fingerprint density at radius 2 is 1.95 bits per heavy atom. The van der Waals surface area contributed by atoms with E-state index in [2.05, 4.69) is 5.32 Å². The molecule has 0 radical (unpaired) electrons. The number of aliphatic hydroxyl groups is 1. The van der Waals surface area contributed by atoms with Crippen molar-refractivity contribution in [2.45, 2.75) is 51.0 Å². The van der Waals surface area contributed by atoms with Gasteiger partial charge in [-0.15, -0.1) is 0 Å². The Morgan fingerprint density at radius 1 is 1.32 bits per heavy atom. The number of fused-ring (bicyclic) bond motifs is 1. The third-order valence-electron chi connectivity index (χ3n) is 3.38. The lowest BCUT2D eigenvalue weighted by atomic mass is 10.1. The third kappa shape index (κ3) is 3.58. The number of carbonyl (C=O) groups is 1. The molecule has 19 heavy (non-hydrogen) atoms. The molecule has 0 aromatic heterocycles. The average Bonchev–Trinajstić information content (AvgIpc) is 2.65. The topological polar surface area (TPSA) is 77.0 Å². The van der Waals surface area contributed by atoms with E-state index in [-0.39, 0.29) is 30.8 Å². The van der Waals surface area contributed by atoms with E-state index in [0.29, 0.717) is 19.6 Å². The highest BCUT2D eigenvalue weighted by atomic mass is 16.6. The molecule has 4 unspecified atom stereocenters. The van der Waals surface area contributed by atoms with E-state index in [0.717, 1.165) is 0 Å². The Bertz CT molecular complexity index is 327. The van der Waals surface area contributed by atoms with Gasteiger partial charge in [0.25, 0.3) is 0 Å². The highest BCUT2D eigenvalue weighted by Crippen LogP contribution is 2.33. The first-order valence-corrected chi connectivity index (χ1v) is 6.74. The molecule has 1 heterocycles. The minimum atomic E-state index is -0.525. The van der Waals surface area contributed by atoms with Crippen LogP contribution in [0.4, 0.5) is 4.79 Å². The largest absolute Gasteiger partial charge is 0.444 e. The quantitative estimate of drug-likeness (QED) is 0.773. The van der Waals surface area contributed by atoms with Gasteiger partial charge < -0.3 is 24.6 Å². The maximum Gasteiger partial charge on any atom is 0.407 e. The molecule has 6 nitrogen and oxygen atoms in total. The lowest BCUT2D eigenvalue weighted by Crippen LogP contribution is -2.49. The summed E-state index contributed by atoms with van der Waals surface area (Å²) >= 11 is 0. The molecule has 1 saturated carbocycles. The zero-order valence-electron chi connectivity index (χ0n) is 11.7. The zero-order valence-corrected chi connectivity index (χ0v) is 11.7. The van der Waals surface area contributed by atoms with Crippen LogP contribution in [-0.4, -0.2) is 54.9 Å². The Morgan fingerprint density at radius 3 is 2.53 bits per heavy atom. The number of amides is 1. The first kappa shape index (κ1) is 14.6. The van der Waals surface area contributed by atoms with Crippen molar-refractivity contribution in [3.63, 3.8) is 0 Å². The maximum absolute atomic E-state index is 11.8. The summed E-state index contributed by atoms with van der Waals surface area (Å²) in [6, 6.07) is -0.169. The van der Waals surface area contributed by atoms with Crippen molar-refractivity contribution in [2.24, 2.45) is 5.92 Å². The van der Waals surface area contributed by atoms with Gasteiger partial charge in [-0.05, 0) is 27.2 Å². The SMILES string of the molecule is CC(C)(C)OC(=O)NC1CC(CO)C2OCCOC12. The Kier molecular flexibility index (Phi) is 4.32. The first-order valence-electron chi connectivity index (χ1n) is 6.74. The van der Waals surface area contributed by atoms with Crippen LogP contribution >= 0.6 is 0 Å². The van der Waals surface area contributed by atoms with Gasteiger partial charge >= 0.3 is 6.09 Å². The molecule has 6 heteroatoms. The molecule has 2 N–H and O–H groups in total. The molecular formula is C13H23NO5. The van der Waals surface area contributed by atoms with Gasteiger partial charge in [-0.25, -0.2) is 4.79 Å². The van der Waals surface area contributed by atoms with E-state index in [1.165, 1.54) is 0 Å². The van der Waals surface area contributed by atoms with Crippen LogP contribution in [-0.2, 0) is 14.2 Å². The second-order valence-corrected chi connectivity index (χ2v) is 6.10. The maximum atomic E-state index is 11.8. The highest BCUT2D eigenvalue weighted by Gasteiger charge is 2.47. The van der Waals surface area contributed by atoms with E-state index >= 15 is 0 Å². The van der Waals surface area contributed by atoms with Crippen LogP contribution in [0.15, 0.2) is 0 Å². The van der Waals surface area contributed by atoms with Crippen LogP contribution in [0.5, 0.6) is 0 Å². The molecule has 2 rings (SSSR count). The summed E-state index contributed by atoms with van der Waals surface area (Å²) in [6.07, 6.45) is -0.147. The Labute approximate surface area is 113 Å². The molecule has 0 aromatic rings. The van der Waals surface area contributed by atoms with Gasteiger partial charge in [0, 0.05) is 12.5 Å². The molecule has 0 spiro atoms. The van der Waals surface area contributed by atoms with Crippen LogP contribution < -0.4 is 5.32 Å². The summed E-state index contributed by atoms with van der Waals surface area (Å²) in [4.78, 5) is 11.8. The van der Waals surface area contributed by atoms with Gasteiger partial charge in [-0.1, -0.05) is 0 Å². The predicted molar refractivity (Wildman–Crippen MR) is 67.8 cm³/mol. The van der Waals surface area contributed by atoms with Crippen LogP contribution in [0.25, 0.3) is 0 Å². The Hall–Kier alpha value is -0.850. The summed E-state index contributed by atoms with van der Waals surface area (Å²) in [7, 11) is 0. The van der Waals surface area contributed by atoms with E-state index in [4.69, 9.17) is 14.2 Å². The van der Waals surface area contributed by atoms with E-state index in [1.54, 1.807) is 0 Å². The second-order valence-electron chi connectivity index (χ2n) is 6.10. The zero-order chi connectivity index (χ0) is 14.0. The summed E-state index contributed by atoms with van der Waals surface area (Å²) in [5.74, 6) is 0.00485. The molecule has 1 aliphatic carbocycles. The number of ether oxygens (including phenoxy) is 3. The van der Waals surface area contributed by atoms with Gasteiger partial charge in [-0.3, -0.25) is 0 Å². The summed E-state index contributed by atoms with van der Waals surface area (Å²) in [5, 5.41) is 12.2. The number of hydrogen-bond donors (Lipinski definition) is 2. The highest BCUT2D eigenvalue weighted by molar-refractivity contribution is 5.68. The van der Waals surface area contributed by atoms with Crippen molar-refractivity contribution >= 4 is 6.09 Å². The van der Waals surface area contributed by atoms with Gasteiger partial charge in [0.05, 0.1) is 25.4 Å². The van der Waals surface area contributed by atoms with Gasteiger partial charge in [0.1, 0.15) is 11.7 Å². The van der Waals surface area contributed by atoms with Gasteiger partial charge in [0.15, 0.2) is 0 Å². The van der Waals surface area contributed by atoms with Crippen molar-refractivity contribution in [1.82, 2.24) is 5.32 Å². The smallest absolute Gasteiger partial charge is 0.407 e. The minimum Gasteiger partial charge on any atom is -0.444 e. The van der Waals surface area contributed by atoms with Crippen molar-refractivity contribution in [3.8, 4) is 0 Å². The second kappa shape index (κ2) is 5.64. The molecule has 0 bridgehead atoms. The monoisotopic (exact) mass is 273 g/mol. The molecule has 2 fully saturated rings. The van der Waals surface area contributed by atoms with Crippen molar-refractivity contribution < 1.29 is 24.1 Å². The first-order chi connectivity index (χ1) is 8.90. The van der Waals surface area contributed by atoms with Gasteiger partial charge in [-0.2, -0.15) is 0 Å². The van der Waals surface area contributed by atoms with Crippen LogP contribution in [0.3, 0.4) is 0 Å². The molecule has 4 atom stereocenters. The number of carbonyl (C=O) groups excluding carboxylic acids is 1. The fraction of sp³-hybridized carbons (Fsp3) is 0.923. The van der Waals surface area contributed by atoms with Crippen LogP contribution in [0.1, 0.15) is 27.2 Å². The predicted octanol–water partition coefficient (Wildman–Crippen LogP) is 0.676. The summed E-state index contributed by atoms with van der Waals surface area (Å²) in [5.41, 5.74) is -0.525. The number of aliphatic hydroxyl groups excluding tert-OH is 1. The summed E-state index contributed by atoms with van der Waals surface area (Å²) < 4.78 is 16.6.